The fourth-order valence-corrected chi connectivity index (χ4v) is 3.84. The van der Waals surface area contributed by atoms with Crippen LogP contribution in [-0.4, -0.2) is 18.4 Å². The molecule has 33 heavy (non-hydrogen) atoms. The average molecular weight is 454 g/mol. The molecule has 0 spiro atoms. The van der Waals surface area contributed by atoms with Gasteiger partial charge in [0.25, 0.3) is 0 Å². The Morgan fingerprint density at radius 3 is 2.36 bits per heavy atom. The summed E-state index contributed by atoms with van der Waals surface area (Å²) in [6, 6.07) is 13.1. The van der Waals surface area contributed by atoms with Gasteiger partial charge < -0.3 is 9.64 Å². The van der Waals surface area contributed by atoms with E-state index < -0.39 is 23.6 Å². The Balaban J connectivity index is 2.23. The summed E-state index contributed by atoms with van der Waals surface area (Å²) in [5.41, 5.74) is 1.05. The van der Waals surface area contributed by atoms with E-state index in [1.54, 1.807) is 38.1 Å². The predicted molar refractivity (Wildman–Crippen MR) is 116 cm³/mol. The normalized spacial score (nSPS) is 16.2. The Bertz CT molecular complexity index is 1190. The molecule has 1 aliphatic rings. The zero-order valence-electron chi connectivity index (χ0n) is 18.2. The molecule has 0 amide bonds. The minimum Gasteiger partial charge on any atom is -0.463 e. The monoisotopic (exact) mass is 454 g/mol. The number of anilines is 1. The lowest BCUT2D eigenvalue weighted by Gasteiger charge is -2.34. The van der Waals surface area contributed by atoms with Gasteiger partial charge >= 0.3 is 12.1 Å². The zero-order chi connectivity index (χ0) is 24.3. The third kappa shape index (κ3) is 4.82. The quantitative estimate of drug-likeness (QED) is 0.559. The maximum atomic E-state index is 13.3. The van der Waals surface area contributed by atoms with E-state index in [2.05, 4.69) is 0 Å². The van der Waals surface area contributed by atoms with Crippen LogP contribution in [0.25, 0.3) is 0 Å². The van der Waals surface area contributed by atoms with Crippen LogP contribution in [0.1, 0.15) is 43.4 Å². The molecule has 1 aliphatic heterocycles. The minimum absolute atomic E-state index is 0.0813. The van der Waals surface area contributed by atoms with Crippen LogP contribution in [0.5, 0.6) is 0 Å². The van der Waals surface area contributed by atoms with Crippen LogP contribution in [0.4, 0.5) is 18.9 Å². The molecule has 0 aromatic heterocycles. The number of rotatable bonds is 5. The van der Waals surface area contributed by atoms with E-state index in [-0.39, 0.29) is 29.2 Å². The van der Waals surface area contributed by atoms with Crippen LogP contribution >= 0.6 is 0 Å². The van der Waals surface area contributed by atoms with Crippen LogP contribution in [0, 0.1) is 11.3 Å². The summed E-state index contributed by atoms with van der Waals surface area (Å²) in [6.45, 7) is 4.67. The molecule has 1 heterocycles. The topological polar surface area (TPSA) is 70.4 Å². The summed E-state index contributed by atoms with van der Waals surface area (Å²) in [7, 11) is 0. The number of nitriles is 1. The second-order valence-corrected chi connectivity index (χ2v) is 7.45. The number of hydrogen-bond acceptors (Lipinski definition) is 5. The Morgan fingerprint density at radius 1 is 1.15 bits per heavy atom. The van der Waals surface area contributed by atoms with E-state index in [9.17, 15) is 22.8 Å². The van der Waals surface area contributed by atoms with E-state index in [1.807, 2.05) is 6.07 Å². The minimum atomic E-state index is -4.55. The molecule has 2 aromatic carbocycles. The summed E-state index contributed by atoms with van der Waals surface area (Å²) in [6.07, 6.45) is -3.14. The molecule has 0 fully saturated rings. The largest absolute Gasteiger partial charge is 0.463 e. The van der Waals surface area contributed by atoms with E-state index in [1.165, 1.54) is 30.2 Å². The second kappa shape index (κ2) is 9.33. The number of carbonyl (C=O) groups is 2. The maximum absolute atomic E-state index is 13.3. The predicted octanol–water partition coefficient (Wildman–Crippen LogP) is 5.49. The Hall–Kier alpha value is -3.86. The van der Waals surface area contributed by atoms with Crippen molar-refractivity contribution in [3.8, 4) is 6.07 Å². The molecule has 0 saturated carbocycles. The fourth-order valence-electron chi connectivity index (χ4n) is 3.84. The zero-order valence-corrected chi connectivity index (χ0v) is 18.2. The number of nitrogens with zero attached hydrogens (tertiary/aromatic N) is 2. The molecule has 0 aliphatic carbocycles. The molecule has 5 nitrogen and oxygen atoms in total. The van der Waals surface area contributed by atoms with Crippen molar-refractivity contribution in [3.05, 3.63) is 88.3 Å². The lowest BCUT2D eigenvalue weighted by molar-refractivity contribution is -0.139. The Morgan fingerprint density at radius 2 is 1.82 bits per heavy atom. The molecule has 170 valence electrons. The Kier molecular flexibility index (Phi) is 6.73. The summed E-state index contributed by atoms with van der Waals surface area (Å²) in [5, 5.41) is 9.09. The summed E-state index contributed by atoms with van der Waals surface area (Å²) >= 11 is 0. The first kappa shape index (κ1) is 23.8. The van der Waals surface area contributed by atoms with Crippen molar-refractivity contribution in [1.82, 2.24) is 0 Å². The molecule has 0 radical (unpaired) electrons. The van der Waals surface area contributed by atoms with Gasteiger partial charge in [0.1, 0.15) is 0 Å². The summed E-state index contributed by atoms with van der Waals surface area (Å²) in [5.74, 6) is -1.82. The maximum Gasteiger partial charge on any atom is 0.416 e. The summed E-state index contributed by atoms with van der Waals surface area (Å²) < 4.78 is 45.1. The van der Waals surface area contributed by atoms with E-state index in [0.29, 0.717) is 16.8 Å². The SMILES string of the molecule is CCOC(=O)C1=CN(c2cccc(C(F)(F)F)c2)C(C)=C(C(C)=O)C1c1ccc(C#N)cc1. The molecule has 0 bridgehead atoms. The third-order valence-corrected chi connectivity index (χ3v) is 5.33. The highest BCUT2D eigenvalue weighted by molar-refractivity contribution is 6.03. The van der Waals surface area contributed by atoms with Crippen LogP contribution in [-0.2, 0) is 20.5 Å². The number of Topliss-reactive ketones (excluding diaryl/α,β-unsaturated/α-hetero) is 1. The van der Waals surface area contributed by atoms with Gasteiger partial charge in [-0.15, -0.1) is 0 Å². The Labute approximate surface area is 189 Å². The average Bonchev–Trinajstić information content (AvgIpc) is 2.78. The molecule has 0 saturated heterocycles. The van der Waals surface area contributed by atoms with Crippen LogP contribution in [0.3, 0.4) is 0 Å². The van der Waals surface area contributed by atoms with Crippen molar-refractivity contribution < 1.29 is 27.5 Å². The number of allylic oxidation sites excluding steroid dienone is 2. The summed E-state index contributed by atoms with van der Waals surface area (Å²) in [4.78, 5) is 27.0. The van der Waals surface area contributed by atoms with Gasteiger partial charge in [0, 0.05) is 29.1 Å². The van der Waals surface area contributed by atoms with Gasteiger partial charge in [-0.05, 0) is 56.7 Å². The van der Waals surface area contributed by atoms with E-state index in [0.717, 1.165) is 12.1 Å². The van der Waals surface area contributed by atoms with Gasteiger partial charge in [-0.1, -0.05) is 18.2 Å². The molecule has 1 atom stereocenters. The first-order valence-corrected chi connectivity index (χ1v) is 10.2. The van der Waals surface area contributed by atoms with Crippen molar-refractivity contribution in [2.45, 2.75) is 32.9 Å². The molecule has 3 rings (SSSR count). The lowest BCUT2D eigenvalue weighted by Crippen LogP contribution is -2.31. The number of alkyl halides is 3. The number of esters is 1. The first-order chi connectivity index (χ1) is 15.6. The van der Waals surface area contributed by atoms with Gasteiger partial charge in [0.05, 0.1) is 29.4 Å². The van der Waals surface area contributed by atoms with Crippen molar-refractivity contribution in [2.24, 2.45) is 0 Å². The van der Waals surface area contributed by atoms with Crippen LogP contribution < -0.4 is 4.90 Å². The van der Waals surface area contributed by atoms with Gasteiger partial charge in [-0.25, -0.2) is 4.79 Å². The van der Waals surface area contributed by atoms with Crippen LogP contribution in [0.2, 0.25) is 0 Å². The standard InChI is InChI=1S/C25H21F3N2O3/c1-4-33-24(32)21-14-30(20-7-5-6-19(12-20)25(26,27)28)15(2)22(16(3)31)23(21)18-10-8-17(13-29)9-11-18/h5-12,14,23H,4H2,1-3H3. The van der Waals surface area contributed by atoms with Crippen molar-refractivity contribution in [2.75, 3.05) is 11.5 Å². The van der Waals surface area contributed by atoms with Crippen molar-refractivity contribution in [3.63, 3.8) is 0 Å². The first-order valence-electron chi connectivity index (χ1n) is 10.2. The number of benzene rings is 2. The lowest BCUT2D eigenvalue weighted by atomic mass is 9.79. The number of carbonyl (C=O) groups excluding carboxylic acids is 2. The number of ketones is 1. The highest BCUT2D eigenvalue weighted by Crippen LogP contribution is 2.42. The second-order valence-electron chi connectivity index (χ2n) is 7.45. The number of ether oxygens (including phenoxy) is 1. The molecular formula is C25H21F3N2O3. The van der Waals surface area contributed by atoms with E-state index >= 15 is 0 Å². The highest BCUT2D eigenvalue weighted by Gasteiger charge is 2.37. The third-order valence-electron chi connectivity index (χ3n) is 5.33. The highest BCUT2D eigenvalue weighted by atomic mass is 19.4. The van der Waals surface area contributed by atoms with Gasteiger partial charge in [-0.3, -0.25) is 4.79 Å². The fraction of sp³-hybridized carbons (Fsp3) is 0.240. The molecule has 2 aromatic rings. The van der Waals surface area contributed by atoms with Crippen LogP contribution in [0.15, 0.2) is 71.6 Å². The molecular weight excluding hydrogens is 433 g/mol. The van der Waals surface area contributed by atoms with Gasteiger partial charge in [-0.2, -0.15) is 18.4 Å². The van der Waals surface area contributed by atoms with Gasteiger partial charge in [0.15, 0.2) is 5.78 Å². The van der Waals surface area contributed by atoms with Crippen molar-refractivity contribution in [1.29, 1.82) is 5.26 Å². The molecule has 0 N–H and O–H groups in total. The molecule has 1 unspecified atom stereocenters. The number of hydrogen-bond donors (Lipinski definition) is 0. The smallest absolute Gasteiger partial charge is 0.416 e. The van der Waals surface area contributed by atoms with Gasteiger partial charge in [0.2, 0.25) is 0 Å². The molecule has 8 heteroatoms. The number of halogens is 3. The van der Waals surface area contributed by atoms with Crippen molar-refractivity contribution >= 4 is 17.4 Å². The van der Waals surface area contributed by atoms with E-state index in [4.69, 9.17) is 10.00 Å².